The molecule has 31 heavy (non-hydrogen) atoms. The Hall–Kier alpha value is -3.10. The third kappa shape index (κ3) is 7.58. The summed E-state index contributed by atoms with van der Waals surface area (Å²) in [5, 5.41) is 23.6. The van der Waals surface area contributed by atoms with Crippen molar-refractivity contribution in [1.82, 2.24) is 15.5 Å². The second kappa shape index (κ2) is 11.9. The van der Waals surface area contributed by atoms with Gasteiger partial charge >= 0.3 is 5.97 Å². The number of amides is 3. The molecule has 3 amide bonds. The highest BCUT2D eigenvalue weighted by Crippen LogP contribution is 2.19. The molecule has 9 nitrogen and oxygen atoms in total. The summed E-state index contributed by atoms with van der Waals surface area (Å²) >= 11 is 0. The lowest BCUT2D eigenvalue weighted by molar-refractivity contribution is -0.142. The van der Waals surface area contributed by atoms with Crippen molar-refractivity contribution in [3.8, 4) is 5.75 Å². The number of likely N-dealkylation sites (tertiary alicyclic amines) is 1. The number of hydrogen-bond acceptors (Lipinski definition) is 5. The van der Waals surface area contributed by atoms with Crippen molar-refractivity contribution in [2.45, 2.75) is 64.0 Å². The molecule has 0 aliphatic carbocycles. The van der Waals surface area contributed by atoms with Crippen LogP contribution >= 0.6 is 0 Å². The minimum Gasteiger partial charge on any atom is -0.508 e. The fourth-order valence-corrected chi connectivity index (χ4v) is 3.61. The summed E-state index contributed by atoms with van der Waals surface area (Å²) in [6.45, 7) is 2.22. The van der Waals surface area contributed by atoms with Crippen molar-refractivity contribution >= 4 is 23.7 Å². The van der Waals surface area contributed by atoms with Gasteiger partial charge in [0.2, 0.25) is 17.7 Å². The van der Waals surface area contributed by atoms with Crippen molar-refractivity contribution in [2.75, 3.05) is 13.1 Å². The quantitative estimate of drug-likeness (QED) is 0.387. The first kappa shape index (κ1) is 24.2. The molecule has 0 bridgehead atoms. The smallest absolute Gasteiger partial charge is 0.326 e. The summed E-state index contributed by atoms with van der Waals surface area (Å²) in [6.07, 6.45) is 4.50. The Morgan fingerprint density at radius 2 is 1.87 bits per heavy atom. The summed E-state index contributed by atoms with van der Waals surface area (Å²) in [7, 11) is 0. The number of carboxylic acid groups (broad SMARTS) is 1. The summed E-state index contributed by atoms with van der Waals surface area (Å²) < 4.78 is 0. The lowest BCUT2D eigenvalue weighted by Gasteiger charge is -2.24. The second-order valence-electron chi connectivity index (χ2n) is 7.75. The van der Waals surface area contributed by atoms with Gasteiger partial charge in [-0.05, 0) is 37.0 Å². The van der Waals surface area contributed by atoms with Gasteiger partial charge in [-0.2, -0.15) is 0 Å². The summed E-state index contributed by atoms with van der Waals surface area (Å²) in [5.74, 6) is -2.21. The molecule has 170 valence electrons. The van der Waals surface area contributed by atoms with Gasteiger partial charge in [0.05, 0.1) is 6.54 Å². The van der Waals surface area contributed by atoms with E-state index in [0.29, 0.717) is 24.9 Å². The van der Waals surface area contributed by atoms with Crippen LogP contribution in [0.2, 0.25) is 0 Å². The number of nitrogens with zero attached hydrogens (tertiary/aromatic N) is 1. The van der Waals surface area contributed by atoms with Crippen LogP contribution < -0.4 is 10.6 Å². The van der Waals surface area contributed by atoms with Gasteiger partial charge in [-0.25, -0.2) is 4.79 Å². The Bertz CT molecular complexity index is 780. The van der Waals surface area contributed by atoms with Crippen molar-refractivity contribution in [1.29, 1.82) is 0 Å². The van der Waals surface area contributed by atoms with Crippen LogP contribution in [0.5, 0.6) is 5.75 Å². The van der Waals surface area contributed by atoms with Crippen LogP contribution in [0.15, 0.2) is 24.3 Å². The fraction of sp³-hybridized carbons (Fsp3) is 0.545. The van der Waals surface area contributed by atoms with Gasteiger partial charge in [-0.15, -0.1) is 0 Å². The van der Waals surface area contributed by atoms with Gasteiger partial charge in [-0.1, -0.05) is 31.9 Å². The van der Waals surface area contributed by atoms with E-state index in [0.717, 1.165) is 25.7 Å². The number of carboxylic acids is 1. The van der Waals surface area contributed by atoms with Gasteiger partial charge in [0, 0.05) is 19.4 Å². The molecule has 1 aliphatic rings. The molecule has 4 N–H and O–H groups in total. The molecule has 1 heterocycles. The van der Waals surface area contributed by atoms with Crippen LogP contribution in [-0.2, 0) is 25.6 Å². The van der Waals surface area contributed by atoms with Crippen LogP contribution in [-0.4, -0.2) is 64.0 Å². The lowest BCUT2D eigenvalue weighted by Crippen LogP contribution is -2.50. The number of unbranched alkanes of at least 4 members (excludes halogenated alkanes) is 2. The third-order valence-corrected chi connectivity index (χ3v) is 5.30. The molecule has 2 rings (SSSR count). The highest BCUT2D eigenvalue weighted by Gasteiger charge is 2.33. The van der Waals surface area contributed by atoms with Crippen molar-refractivity contribution in [2.24, 2.45) is 0 Å². The zero-order valence-electron chi connectivity index (χ0n) is 17.8. The number of carbonyl (C=O) groups excluding carboxylic acids is 3. The van der Waals surface area contributed by atoms with Gasteiger partial charge in [0.1, 0.15) is 17.8 Å². The first-order valence-electron chi connectivity index (χ1n) is 10.7. The zero-order valence-corrected chi connectivity index (χ0v) is 17.8. The van der Waals surface area contributed by atoms with E-state index in [1.165, 1.54) is 12.1 Å². The maximum Gasteiger partial charge on any atom is 0.326 e. The number of aliphatic carboxylic acids is 1. The summed E-state index contributed by atoms with van der Waals surface area (Å²) in [5.41, 5.74) is 0.637. The predicted octanol–water partition coefficient (Wildman–Crippen LogP) is 1.19. The number of phenols is 1. The Balaban J connectivity index is 1.84. The van der Waals surface area contributed by atoms with E-state index >= 15 is 0 Å². The maximum absolute atomic E-state index is 12.5. The van der Waals surface area contributed by atoms with Crippen molar-refractivity contribution < 1.29 is 29.4 Å². The molecule has 2 atom stereocenters. The van der Waals surface area contributed by atoms with Crippen molar-refractivity contribution in [3.63, 3.8) is 0 Å². The molecule has 0 saturated carbocycles. The minimum atomic E-state index is -1.20. The van der Waals surface area contributed by atoms with Crippen LogP contribution in [0, 0.1) is 0 Å². The van der Waals surface area contributed by atoms with E-state index in [1.54, 1.807) is 17.0 Å². The molecular formula is C22H31N3O6. The molecule has 1 aliphatic heterocycles. The average molecular weight is 434 g/mol. The number of aromatic hydroxyl groups is 1. The maximum atomic E-state index is 12.5. The molecule has 9 heteroatoms. The largest absolute Gasteiger partial charge is 0.508 e. The van der Waals surface area contributed by atoms with Crippen LogP contribution in [0.4, 0.5) is 0 Å². The van der Waals surface area contributed by atoms with Gasteiger partial charge in [-0.3, -0.25) is 14.4 Å². The second-order valence-corrected chi connectivity index (χ2v) is 7.75. The van der Waals surface area contributed by atoms with Crippen LogP contribution in [0.25, 0.3) is 0 Å². The Morgan fingerprint density at radius 3 is 2.52 bits per heavy atom. The highest BCUT2D eigenvalue weighted by molar-refractivity contribution is 5.92. The molecule has 1 saturated heterocycles. The summed E-state index contributed by atoms with van der Waals surface area (Å²) in [4.78, 5) is 50.1. The first-order valence-corrected chi connectivity index (χ1v) is 10.7. The molecule has 1 aromatic rings. The monoisotopic (exact) mass is 433 g/mol. The molecule has 1 fully saturated rings. The normalized spacial score (nSPS) is 16.5. The number of carbonyl (C=O) groups is 4. The van der Waals surface area contributed by atoms with E-state index in [9.17, 15) is 29.4 Å². The fourth-order valence-electron chi connectivity index (χ4n) is 3.61. The standard InChI is InChI=1S/C22H31N3O6/c1-2-3-4-7-20(28)25-12-5-6-18(25)21(29)23-14-19(27)24-17(22(30)31)13-15-8-10-16(26)11-9-15/h8-11,17-18,26H,2-7,12-14H2,1H3,(H,23,29)(H,24,27)(H,30,31)/t17?,18-/m0/s1. The number of benzene rings is 1. The first-order chi connectivity index (χ1) is 14.8. The third-order valence-electron chi connectivity index (χ3n) is 5.30. The topological polar surface area (TPSA) is 136 Å². The number of nitrogens with one attached hydrogen (secondary N) is 2. The van der Waals surface area contributed by atoms with Gasteiger partial charge in [0.25, 0.3) is 0 Å². The number of phenolic OH excluding ortho intramolecular Hbond substituents is 1. The van der Waals surface area contributed by atoms with Crippen LogP contribution in [0.3, 0.4) is 0 Å². The minimum absolute atomic E-state index is 0.0396. The van der Waals surface area contributed by atoms with Gasteiger partial charge in [0.15, 0.2) is 0 Å². The zero-order chi connectivity index (χ0) is 22.8. The SMILES string of the molecule is CCCCCC(=O)N1CCC[C@H]1C(=O)NCC(=O)NC(Cc1ccc(O)cc1)C(=O)O. The molecule has 1 unspecified atom stereocenters. The Kier molecular flexibility index (Phi) is 9.30. The number of hydrogen-bond donors (Lipinski definition) is 4. The molecule has 1 aromatic carbocycles. The van der Waals surface area contributed by atoms with E-state index in [-0.39, 0.29) is 24.6 Å². The average Bonchev–Trinajstić information content (AvgIpc) is 3.23. The molecule has 0 aromatic heterocycles. The van der Waals surface area contributed by atoms with E-state index < -0.39 is 29.9 Å². The van der Waals surface area contributed by atoms with E-state index in [4.69, 9.17) is 0 Å². The van der Waals surface area contributed by atoms with E-state index in [2.05, 4.69) is 17.6 Å². The van der Waals surface area contributed by atoms with Gasteiger partial charge < -0.3 is 25.7 Å². The molecule has 0 radical (unpaired) electrons. The van der Waals surface area contributed by atoms with E-state index in [1.807, 2.05) is 0 Å². The highest BCUT2D eigenvalue weighted by atomic mass is 16.4. The Morgan fingerprint density at radius 1 is 1.16 bits per heavy atom. The molecular weight excluding hydrogens is 402 g/mol. The summed E-state index contributed by atoms with van der Waals surface area (Å²) in [6, 6.07) is 4.27. The van der Waals surface area contributed by atoms with Crippen LogP contribution in [0.1, 0.15) is 51.0 Å². The Labute approximate surface area is 181 Å². The van der Waals surface area contributed by atoms with Crippen molar-refractivity contribution in [3.05, 3.63) is 29.8 Å². The molecule has 0 spiro atoms. The lowest BCUT2D eigenvalue weighted by atomic mass is 10.1. The predicted molar refractivity (Wildman–Crippen MR) is 113 cm³/mol. The number of rotatable bonds is 11.